The van der Waals surface area contributed by atoms with E-state index in [0.717, 1.165) is 31.3 Å². The van der Waals surface area contributed by atoms with E-state index in [9.17, 15) is 81.1 Å². The zero-order valence-electron chi connectivity index (χ0n) is 45.5. The SMILES string of the molecule is CC1(C)C=C2[C@H]3CC[C@@H]4[C@@]5(C)CC[C@H](O[C@@H]6O[C@H](C(=O)O)[C@@H](O)[C@H](O[C@@H]7O[C@H](CO)[C@H](O)[C@H](O)[C@H]7O)[C@H]6O[C@@H]6O[C@H](CO)[C@@H](O)[C@H](O)[C@H]6O)C(C)(C)C5CC[C@@]4(C)[C@]3(C)CC[C@@]2(C(=O)O[C@@H]2O[C@H](CO)[C@@H](O)[C@H](O)[C@H]2O)CC1. The molecule has 1 unspecified atom stereocenters. The maximum absolute atomic E-state index is 14.8. The van der Waals surface area contributed by atoms with Crippen molar-refractivity contribution in [1.29, 1.82) is 0 Å². The number of esters is 1. The fourth-order valence-corrected chi connectivity index (χ4v) is 16.6. The average Bonchev–Trinajstić information content (AvgIpc) is 3.58. The molecule has 0 amide bonds. The van der Waals surface area contributed by atoms with Gasteiger partial charge in [-0.05, 0) is 109 Å². The molecule has 9 aliphatic rings. The first-order valence-electron chi connectivity index (χ1n) is 27.9. The van der Waals surface area contributed by atoms with Crippen molar-refractivity contribution in [3.05, 3.63) is 11.6 Å². The van der Waals surface area contributed by atoms with E-state index in [4.69, 9.17) is 37.9 Å². The highest BCUT2D eigenvalue weighted by Crippen LogP contribution is 2.76. The first-order chi connectivity index (χ1) is 36.5. The predicted molar refractivity (Wildman–Crippen MR) is 263 cm³/mol. The Balaban J connectivity index is 0.992. The zero-order chi connectivity index (χ0) is 57.1. The lowest BCUT2D eigenvalue weighted by Crippen LogP contribution is -2.69. The molecule has 9 rings (SSSR count). The summed E-state index contributed by atoms with van der Waals surface area (Å²) in [4.78, 5) is 27.7. The fourth-order valence-electron chi connectivity index (χ4n) is 16.6. The summed E-state index contributed by atoms with van der Waals surface area (Å²) in [5.74, 6) is -2.10. The lowest BCUT2D eigenvalue weighted by Gasteiger charge is -2.72. The van der Waals surface area contributed by atoms with Gasteiger partial charge in [-0.25, -0.2) is 4.79 Å². The lowest BCUT2D eigenvalue weighted by molar-refractivity contribution is -0.396. The quantitative estimate of drug-likeness (QED) is 0.0574. The van der Waals surface area contributed by atoms with Crippen LogP contribution in [0.4, 0.5) is 0 Å². The van der Waals surface area contributed by atoms with Gasteiger partial charge < -0.3 is 109 Å². The second-order valence-corrected chi connectivity index (χ2v) is 26.2. The Hall–Kier alpha value is -2.12. The molecule has 4 heterocycles. The molecule has 0 aromatic carbocycles. The van der Waals surface area contributed by atoms with Gasteiger partial charge in [0, 0.05) is 0 Å². The van der Waals surface area contributed by atoms with Crippen molar-refractivity contribution in [2.45, 2.75) is 242 Å². The monoisotopic (exact) mass is 1120 g/mol. The Morgan fingerprint density at radius 2 is 1.03 bits per heavy atom. The molecule has 14 N–H and O–H groups in total. The third kappa shape index (κ3) is 9.72. The lowest BCUT2D eigenvalue weighted by atomic mass is 9.32. The molecule has 0 aromatic rings. The molecule has 24 nitrogen and oxygen atoms in total. The number of ether oxygens (including phenoxy) is 8. The summed E-state index contributed by atoms with van der Waals surface area (Å²) >= 11 is 0. The van der Waals surface area contributed by atoms with Gasteiger partial charge in [0.15, 0.2) is 25.0 Å². The number of allylic oxidation sites excluding steroid dienone is 1. The highest BCUT2D eigenvalue weighted by molar-refractivity contribution is 5.82. The van der Waals surface area contributed by atoms with E-state index in [1.54, 1.807) is 0 Å². The number of hydrogen-bond acceptors (Lipinski definition) is 23. The minimum atomic E-state index is -2.16. The summed E-state index contributed by atoms with van der Waals surface area (Å²) in [5, 5.41) is 149. The molecule has 0 bridgehead atoms. The van der Waals surface area contributed by atoms with E-state index in [1.165, 1.54) is 0 Å². The summed E-state index contributed by atoms with van der Waals surface area (Å²) in [5.41, 5.74) is -1.83. The zero-order valence-corrected chi connectivity index (χ0v) is 45.5. The van der Waals surface area contributed by atoms with Gasteiger partial charge in [-0.3, -0.25) is 4.79 Å². The van der Waals surface area contributed by atoms with Gasteiger partial charge in [-0.2, -0.15) is 0 Å². The molecule has 24 heteroatoms. The number of carboxylic acid groups (broad SMARTS) is 1. The average molecular weight is 1120 g/mol. The highest BCUT2D eigenvalue weighted by Gasteiger charge is 2.71. The van der Waals surface area contributed by atoms with Gasteiger partial charge >= 0.3 is 11.9 Å². The van der Waals surface area contributed by atoms with Crippen molar-refractivity contribution in [2.24, 2.45) is 50.2 Å². The molecule has 0 spiro atoms. The molecule has 28 atom stereocenters. The van der Waals surface area contributed by atoms with Crippen molar-refractivity contribution in [2.75, 3.05) is 19.8 Å². The molecule has 0 radical (unpaired) electrons. The van der Waals surface area contributed by atoms with E-state index in [0.29, 0.717) is 38.5 Å². The Bertz CT molecular complexity index is 2190. The van der Waals surface area contributed by atoms with Gasteiger partial charge in [-0.1, -0.05) is 60.1 Å². The second kappa shape index (κ2) is 21.8. The largest absolute Gasteiger partial charge is 0.479 e. The van der Waals surface area contributed by atoms with Crippen molar-refractivity contribution in [3.63, 3.8) is 0 Å². The minimum Gasteiger partial charge on any atom is -0.479 e. The summed E-state index contributed by atoms with van der Waals surface area (Å²) in [7, 11) is 0. The first kappa shape index (κ1) is 60.5. The van der Waals surface area contributed by atoms with Crippen molar-refractivity contribution < 1.29 is 119 Å². The van der Waals surface area contributed by atoms with Crippen LogP contribution in [0, 0.1) is 50.2 Å². The Labute approximate surface area is 453 Å². The molecule has 446 valence electrons. The number of rotatable bonds is 12. The second-order valence-electron chi connectivity index (χ2n) is 26.2. The molecular weight excluding hydrogens is 1030 g/mol. The van der Waals surface area contributed by atoms with Crippen molar-refractivity contribution >= 4 is 11.9 Å². The van der Waals surface area contributed by atoms with Crippen LogP contribution < -0.4 is 0 Å². The van der Waals surface area contributed by atoms with Crippen LogP contribution in [0.25, 0.3) is 0 Å². The molecule has 0 aromatic heterocycles. The number of aliphatic carboxylic acids is 1. The topological polar surface area (TPSA) is 391 Å². The number of carbonyl (C=O) groups is 2. The summed E-state index contributed by atoms with van der Waals surface area (Å²) in [6.45, 7) is 13.2. The van der Waals surface area contributed by atoms with Gasteiger partial charge in [0.25, 0.3) is 0 Å². The number of fused-ring (bicyclic) bond motifs is 7. The maximum Gasteiger partial charge on any atom is 0.335 e. The third-order valence-corrected chi connectivity index (χ3v) is 21.3. The Morgan fingerprint density at radius 3 is 1.56 bits per heavy atom. The molecular formula is C54H86O24. The summed E-state index contributed by atoms with van der Waals surface area (Å²) in [6.07, 6.45) is -28.0. The Morgan fingerprint density at radius 1 is 0.513 bits per heavy atom. The fraction of sp³-hybridized carbons (Fsp3) is 0.926. The molecule has 4 saturated carbocycles. The number of aliphatic hydroxyl groups is 13. The predicted octanol–water partition coefficient (Wildman–Crippen LogP) is -1.94. The molecule has 78 heavy (non-hydrogen) atoms. The van der Waals surface area contributed by atoms with E-state index < -0.39 is 172 Å². The number of carbonyl (C=O) groups excluding carboxylic acids is 1. The van der Waals surface area contributed by atoms with Crippen LogP contribution in [0.1, 0.15) is 113 Å². The normalized spacial score (nSPS) is 52.8. The standard InChI is InChI=1S/C54H86O24/c1-49(2)14-16-54(48(70)78-46-38(66)35(63)32(60)26(21-57)73-46)17-15-52(6)22(23(54)18-49)8-9-28-51(5)12-11-29(50(3,4)27(51)10-13-53(28,52)7)74-47-42(77-45-37(65)34(62)31(59)25(20-56)72-45)40(39(67)41(76-47)43(68)69)75-44-36(64)33(61)30(58)24(19-55)71-44/h18,22,24-42,44-47,55-67H,8-17,19-21H2,1-7H3,(H,68,69)/t22-,24-,25-,26-,27?,28-,29+,30+,31-,32-,33+,34+,35+,36-,37-,38-,39+,40+,41+,42-,44+,45+,46+,47-,51+,52-,53-,54+/m1/s1. The highest BCUT2D eigenvalue weighted by atomic mass is 16.8. The van der Waals surface area contributed by atoms with Crippen LogP contribution in [0.3, 0.4) is 0 Å². The van der Waals surface area contributed by atoms with Gasteiger partial charge in [0.1, 0.15) is 91.6 Å². The maximum atomic E-state index is 14.8. The van der Waals surface area contributed by atoms with Crippen LogP contribution in [-0.4, -0.2) is 232 Å². The van der Waals surface area contributed by atoms with Gasteiger partial charge in [0.2, 0.25) is 6.29 Å². The van der Waals surface area contributed by atoms with E-state index in [-0.39, 0.29) is 39.4 Å². The van der Waals surface area contributed by atoms with Gasteiger partial charge in [0.05, 0.1) is 31.3 Å². The van der Waals surface area contributed by atoms with Crippen LogP contribution in [-0.2, 0) is 47.5 Å². The van der Waals surface area contributed by atoms with Gasteiger partial charge in [-0.15, -0.1) is 0 Å². The minimum absolute atomic E-state index is 0.0126. The van der Waals surface area contributed by atoms with Crippen LogP contribution >= 0.6 is 0 Å². The number of hydrogen-bond donors (Lipinski definition) is 14. The Kier molecular flexibility index (Phi) is 16.9. The third-order valence-electron chi connectivity index (χ3n) is 21.3. The van der Waals surface area contributed by atoms with Crippen LogP contribution in [0.5, 0.6) is 0 Å². The van der Waals surface area contributed by atoms with E-state index >= 15 is 0 Å². The number of carboxylic acids is 1. The van der Waals surface area contributed by atoms with Crippen LogP contribution in [0.15, 0.2) is 11.6 Å². The van der Waals surface area contributed by atoms with E-state index in [2.05, 4.69) is 54.5 Å². The summed E-state index contributed by atoms with van der Waals surface area (Å²) < 4.78 is 48.2. The smallest absolute Gasteiger partial charge is 0.335 e. The van der Waals surface area contributed by atoms with Crippen molar-refractivity contribution in [1.82, 2.24) is 0 Å². The molecule has 4 aliphatic heterocycles. The number of aliphatic hydroxyl groups excluding tert-OH is 13. The van der Waals surface area contributed by atoms with Crippen molar-refractivity contribution in [3.8, 4) is 0 Å². The van der Waals surface area contributed by atoms with Crippen LogP contribution in [0.2, 0.25) is 0 Å². The molecule has 8 fully saturated rings. The first-order valence-corrected chi connectivity index (χ1v) is 27.9. The molecule has 4 saturated heterocycles. The van der Waals surface area contributed by atoms with E-state index in [1.807, 2.05) is 0 Å². The molecule has 5 aliphatic carbocycles. The summed E-state index contributed by atoms with van der Waals surface area (Å²) in [6, 6.07) is 0.